The maximum absolute atomic E-state index is 12.9. The maximum Gasteiger partial charge on any atom is 0.123 e. The van der Waals surface area contributed by atoms with Gasteiger partial charge in [0.2, 0.25) is 0 Å². The minimum absolute atomic E-state index is 0.141. The highest BCUT2D eigenvalue weighted by Gasteiger charge is 2.24. The first-order valence-electron chi connectivity index (χ1n) is 7.27. The molecule has 2 rings (SSSR count). The van der Waals surface area contributed by atoms with Crippen LogP contribution < -0.4 is 5.32 Å². The van der Waals surface area contributed by atoms with Crippen LogP contribution in [0.2, 0.25) is 0 Å². The molecule has 0 saturated heterocycles. The lowest BCUT2D eigenvalue weighted by molar-refractivity contribution is 0.356. The van der Waals surface area contributed by atoms with Crippen molar-refractivity contribution in [3.8, 4) is 0 Å². The van der Waals surface area contributed by atoms with Crippen LogP contribution in [0.15, 0.2) is 24.3 Å². The van der Waals surface area contributed by atoms with Gasteiger partial charge in [-0.15, -0.1) is 0 Å². The molecule has 0 amide bonds. The summed E-state index contributed by atoms with van der Waals surface area (Å²) >= 11 is 0. The van der Waals surface area contributed by atoms with Crippen molar-refractivity contribution in [3.63, 3.8) is 0 Å². The smallest absolute Gasteiger partial charge is 0.123 e. The van der Waals surface area contributed by atoms with Crippen LogP contribution >= 0.6 is 0 Å². The summed E-state index contributed by atoms with van der Waals surface area (Å²) in [6.07, 6.45) is 7.65. The molecule has 1 unspecified atom stereocenters. The zero-order chi connectivity index (χ0) is 12.8. The van der Waals surface area contributed by atoms with Crippen LogP contribution in [0.5, 0.6) is 0 Å². The summed E-state index contributed by atoms with van der Waals surface area (Å²) in [6.45, 7) is 3.29. The Kier molecular flexibility index (Phi) is 5.18. The van der Waals surface area contributed by atoms with Crippen molar-refractivity contribution in [2.24, 2.45) is 5.92 Å². The summed E-state index contributed by atoms with van der Waals surface area (Å²) in [7, 11) is 0. The standard InChI is InChI=1S/C16H24FN/c1-2-11-18-16(14-5-3-4-6-14)12-13-7-9-15(17)10-8-13/h7-10,14,16,18H,2-6,11-12H2,1H3. The fourth-order valence-corrected chi connectivity index (χ4v) is 2.97. The van der Waals surface area contributed by atoms with E-state index in [0.29, 0.717) is 6.04 Å². The lowest BCUT2D eigenvalue weighted by atomic mass is 9.92. The minimum atomic E-state index is -0.141. The number of nitrogens with one attached hydrogen (secondary N) is 1. The van der Waals surface area contributed by atoms with E-state index in [2.05, 4.69) is 12.2 Å². The topological polar surface area (TPSA) is 12.0 Å². The SMILES string of the molecule is CCCNC(Cc1ccc(F)cc1)C1CCCC1. The molecule has 0 bridgehead atoms. The Morgan fingerprint density at radius 1 is 1.22 bits per heavy atom. The molecule has 1 aromatic carbocycles. The molecule has 1 nitrogen and oxygen atoms in total. The number of benzene rings is 1. The van der Waals surface area contributed by atoms with Gasteiger partial charge in [0.25, 0.3) is 0 Å². The van der Waals surface area contributed by atoms with Crippen molar-refractivity contribution in [1.82, 2.24) is 5.32 Å². The van der Waals surface area contributed by atoms with E-state index in [0.717, 1.165) is 18.9 Å². The van der Waals surface area contributed by atoms with E-state index >= 15 is 0 Å². The lowest BCUT2D eigenvalue weighted by Gasteiger charge is -2.25. The molecule has 0 spiro atoms. The van der Waals surface area contributed by atoms with Gasteiger partial charge in [0, 0.05) is 6.04 Å². The van der Waals surface area contributed by atoms with E-state index in [1.54, 1.807) is 12.1 Å². The van der Waals surface area contributed by atoms with Crippen molar-refractivity contribution in [3.05, 3.63) is 35.6 Å². The Labute approximate surface area is 110 Å². The molecule has 1 aliphatic rings. The second-order valence-corrected chi connectivity index (χ2v) is 5.44. The molecule has 1 fully saturated rings. The Morgan fingerprint density at radius 3 is 2.50 bits per heavy atom. The highest BCUT2D eigenvalue weighted by atomic mass is 19.1. The number of hydrogen-bond donors (Lipinski definition) is 1. The molecule has 2 heteroatoms. The zero-order valence-electron chi connectivity index (χ0n) is 11.3. The Morgan fingerprint density at radius 2 is 1.89 bits per heavy atom. The van der Waals surface area contributed by atoms with E-state index in [1.165, 1.54) is 37.7 Å². The van der Waals surface area contributed by atoms with Crippen LogP contribution in [0, 0.1) is 11.7 Å². The van der Waals surface area contributed by atoms with Gasteiger partial charge in [-0.2, -0.15) is 0 Å². The first-order valence-corrected chi connectivity index (χ1v) is 7.27. The van der Waals surface area contributed by atoms with Crippen LogP contribution in [-0.4, -0.2) is 12.6 Å². The largest absolute Gasteiger partial charge is 0.313 e. The predicted molar refractivity (Wildman–Crippen MR) is 74.1 cm³/mol. The van der Waals surface area contributed by atoms with Crippen LogP contribution in [-0.2, 0) is 6.42 Å². The zero-order valence-corrected chi connectivity index (χ0v) is 11.3. The maximum atomic E-state index is 12.9. The number of hydrogen-bond acceptors (Lipinski definition) is 1. The Balaban J connectivity index is 1.97. The van der Waals surface area contributed by atoms with E-state index in [4.69, 9.17) is 0 Å². The summed E-state index contributed by atoms with van der Waals surface area (Å²) in [5.74, 6) is 0.666. The third-order valence-electron chi connectivity index (χ3n) is 3.99. The molecular weight excluding hydrogens is 225 g/mol. The second-order valence-electron chi connectivity index (χ2n) is 5.44. The molecular formula is C16H24FN. The molecule has 0 aromatic heterocycles. The molecule has 18 heavy (non-hydrogen) atoms. The highest BCUT2D eigenvalue weighted by Crippen LogP contribution is 2.29. The summed E-state index contributed by atoms with van der Waals surface area (Å²) in [6, 6.07) is 7.55. The molecule has 100 valence electrons. The normalized spacial score (nSPS) is 18.1. The van der Waals surface area contributed by atoms with Crippen LogP contribution in [0.4, 0.5) is 4.39 Å². The van der Waals surface area contributed by atoms with Gasteiger partial charge in [0.1, 0.15) is 5.82 Å². The quantitative estimate of drug-likeness (QED) is 0.805. The van der Waals surface area contributed by atoms with E-state index < -0.39 is 0 Å². The summed E-state index contributed by atoms with van der Waals surface area (Å²) in [5, 5.41) is 3.68. The first kappa shape index (κ1) is 13.5. The van der Waals surface area contributed by atoms with Crippen molar-refractivity contribution in [2.45, 2.75) is 51.5 Å². The summed E-state index contributed by atoms with van der Waals surface area (Å²) < 4.78 is 12.9. The van der Waals surface area contributed by atoms with Crippen molar-refractivity contribution >= 4 is 0 Å². The average Bonchev–Trinajstić information content (AvgIpc) is 2.90. The van der Waals surface area contributed by atoms with Crippen molar-refractivity contribution in [1.29, 1.82) is 0 Å². The van der Waals surface area contributed by atoms with E-state index in [-0.39, 0.29) is 5.82 Å². The third kappa shape index (κ3) is 3.81. The summed E-state index contributed by atoms with van der Waals surface area (Å²) in [4.78, 5) is 0. The number of rotatable bonds is 6. The highest BCUT2D eigenvalue weighted by molar-refractivity contribution is 5.17. The molecule has 0 aliphatic heterocycles. The van der Waals surface area contributed by atoms with E-state index in [1.807, 2.05) is 12.1 Å². The lowest BCUT2D eigenvalue weighted by Crippen LogP contribution is -2.37. The molecule has 1 aliphatic carbocycles. The Hall–Kier alpha value is -0.890. The van der Waals surface area contributed by atoms with Gasteiger partial charge in [0.05, 0.1) is 0 Å². The third-order valence-corrected chi connectivity index (χ3v) is 3.99. The molecule has 1 aromatic rings. The van der Waals surface area contributed by atoms with Gasteiger partial charge in [0.15, 0.2) is 0 Å². The van der Waals surface area contributed by atoms with Crippen LogP contribution in [0.25, 0.3) is 0 Å². The molecule has 1 N–H and O–H groups in total. The first-order chi connectivity index (χ1) is 8.79. The van der Waals surface area contributed by atoms with Gasteiger partial charge in [-0.05, 0) is 55.8 Å². The van der Waals surface area contributed by atoms with Crippen molar-refractivity contribution < 1.29 is 4.39 Å². The van der Waals surface area contributed by atoms with Gasteiger partial charge in [-0.1, -0.05) is 31.9 Å². The van der Waals surface area contributed by atoms with Gasteiger partial charge in [-0.25, -0.2) is 4.39 Å². The fourth-order valence-electron chi connectivity index (χ4n) is 2.97. The second kappa shape index (κ2) is 6.89. The van der Waals surface area contributed by atoms with Crippen molar-refractivity contribution in [2.75, 3.05) is 6.54 Å². The van der Waals surface area contributed by atoms with Gasteiger partial charge in [-0.3, -0.25) is 0 Å². The minimum Gasteiger partial charge on any atom is -0.313 e. The predicted octanol–water partition coefficient (Wildman–Crippen LogP) is 3.93. The average molecular weight is 249 g/mol. The monoisotopic (exact) mass is 249 g/mol. The molecule has 0 heterocycles. The molecule has 1 saturated carbocycles. The van der Waals surface area contributed by atoms with Gasteiger partial charge < -0.3 is 5.32 Å². The molecule has 0 radical (unpaired) electrons. The summed E-state index contributed by atoms with van der Waals surface area (Å²) in [5.41, 5.74) is 1.25. The fraction of sp³-hybridized carbons (Fsp3) is 0.625. The van der Waals surface area contributed by atoms with Gasteiger partial charge >= 0.3 is 0 Å². The van der Waals surface area contributed by atoms with Crippen LogP contribution in [0.3, 0.4) is 0 Å². The Bertz CT molecular complexity index is 341. The van der Waals surface area contributed by atoms with Crippen LogP contribution in [0.1, 0.15) is 44.6 Å². The van der Waals surface area contributed by atoms with E-state index in [9.17, 15) is 4.39 Å². The molecule has 1 atom stereocenters. The number of halogens is 1.